The van der Waals surface area contributed by atoms with E-state index in [1.165, 1.54) is 52.8 Å². The van der Waals surface area contributed by atoms with Crippen LogP contribution < -0.4 is 10.0 Å². The maximum absolute atomic E-state index is 13.0. The van der Waals surface area contributed by atoms with Crippen molar-refractivity contribution in [3.05, 3.63) is 54.3 Å². The second kappa shape index (κ2) is 10.6. The van der Waals surface area contributed by atoms with Crippen molar-refractivity contribution in [2.24, 2.45) is 5.92 Å². The third-order valence-electron chi connectivity index (χ3n) is 5.47. The number of unbranched alkanes of at least 4 members (excludes halogenated alkanes) is 1. The molecular weight excluding hydrogens is 469 g/mol. The zero-order chi connectivity index (χ0) is 24.1. The number of hydrogen-bond acceptors (Lipinski definition) is 5. The van der Waals surface area contributed by atoms with E-state index in [9.17, 15) is 26.0 Å². The molecule has 0 bridgehead atoms. The van der Waals surface area contributed by atoms with Gasteiger partial charge in [0, 0.05) is 30.4 Å². The predicted octanol–water partition coefficient (Wildman–Crippen LogP) is 3.41. The smallest absolute Gasteiger partial charge is 0.243 e. The Morgan fingerprint density at radius 1 is 0.970 bits per heavy atom. The number of sulfonamides is 2. The molecule has 0 aromatic heterocycles. The lowest BCUT2D eigenvalue weighted by molar-refractivity contribution is -0.120. The van der Waals surface area contributed by atoms with Gasteiger partial charge < -0.3 is 5.32 Å². The molecule has 2 N–H and O–H groups in total. The molecule has 1 saturated heterocycles. The van der Waals surface area contributed by atoms with E-state index in [1.807, 2.05) is 6.92 Å². The molecule has 0 radical (unpaired) electrons. The number of piperidine rings is 1. The first-order valence-corrected chi connectivity index (χ1v) is 13.9. The standard InChI is InChI=1S/C22H28FN3O5S2/c1-2-3-16-32(28,29)25-20-8-10-21(11-9-20)33(30,31)26-14-12-17(13-15-26)22(27)24-19-6-4-18(23)5-7-19/h4-11,17,25H,2-3,12-16H2,1H3,(H,24,27). The highest BCUT2D eigenvalue weighted by Gasteiger charge is 2.32. The second-order valence-electron chi connectivity index (χ2n) is 7.97. The first-order valence-electron chi connectivity index (χ1n) is 10.8. The van der Waals surface area contributed by atoms with E-state index in [2.05, 4.69) is 10.0 Å². The number of nitrogens with zero attached hydrogens (tertiary/aromatic N) is 1. The summed E-state index contributed by atoms with van der Waals surface area (Å²) in [7, 11) is -7.24. The molecule has 0 atom stereocenters. The summed E-state index contributed by atoms with van der Waals surface area (Å²) in [4.78, 5) is 12.5. The van der Waals surface area contributed by atoms with Gasteiger partial charge in [0.2, 0.25) is 26.0 Å². The van der Waals surface area contributed by atoms with Crippen LogP contribution in [0.4, 0.5) is 15.8 Å². The molecule has 2 aromatic carbocycles. The van der Waals surface area contributed by atoms with Crippen LogP contribution in [0.1, 0.15) is 32.6 Å². The Kier molecular flexibility index (Phi) is 8.09. The third kappa shape index (κ3) is 6.75. The van der Waals surface area contributed by atoms with Gasteiger partial charge in [0.1, 0.15) is 5.82 Å². The van der Waals surface area contributed by atoms with Gasteiger partial charge in [-0.2, -0.15) is 4.31 Å². The van der Waals surface area contributed by atoms with Crippen molar-refractivity contribution in [3.8, 4) is 0 Å². The largest absolute Gasteiger partial charge is 0.326 e. The number of carbonyl (C=O) groups excluding carboxylic acids is 1. The van der Waals surface area contributed by atoms with E-state index >= 15 is 0 Å². The Bertz CT molecular complexity index is 1160. The van der Waals surface area contributed by atoms with Gasteiger partial charge >= 0.3 is 0 Å². The van der Waals surface area contributed by atoms with Crippen LogP contribution in [-0.2, 0) is 24.8 Å². The van der Waals surface area contributed by atoms with Crippen molar-refractivity contribution >= 4 is 37.3 Å². The number of carbonyl (C=O) groups is 1. The molecule has 180 valence electrons. The highest BCUT2D eigenvalue weighted by atomic mass is 32.2. The molecule has 3 rings (SSSR count). The number of amides is 1. The minimum absolute atomic E-state index is 0.00717. The molecule has 1 aliphatic heterocycles. The topological polar surface area (TPSA) is 113 Å². The van der Waals surface area contributed by atoms with Gasteiger partial charge in [-0.3, -0.25) is 9.52 Å². The summed E-state index contributed by atoms with van der Waals surface area (Å²) >= 11 is 0. The van der Waals surface area contributed by atoms with Gasteiger partial charge in [-0.05, 0) is 67.8 Å². The average molecular weight is 498 g/mol. The number of rotatable bonds is 9. The zero-order valence-electron chi connectivity index (χ0n) is 18.3. The van der Waals surface area contributed by atoms with Crippen LogP contribution in [0.5, 0.6) is 0 Å². The fraction of sp³-hybridized carbons (Fsp3) is 0.409. The van der Waals surface area contributed by atoms with Crippen molar-refractivity contribution in [2.45, 2.75) is 37.5 Å². The van der Waals surface area contributed by atoms with Crippen LogP contribution in [0.2, 0.25) is 0 Å². The number of hydrogen-bond donors (Lipinski definition) is 2. The molecule has 1 heterocycles. The van der Waals surface area contributed by atoms with Gasteiger partial charge in [0.15, 0.2) is 0 Å². The van der Waals surface area contributed by atoms with Gasteiger partial charge in [-0.15, -0.1) is 0 Å². The lowest BCUT2D eigenvalue weighted by Crippen LogP contribution is -2.41. The molecule has 0 aliphatic carbocycles. The van der Waals surface area contributed by atoms with Gasteiger partial charge in [0.25, 0.3) is 0 Å². The maximum atomic E-state index is 13.0. The van der Waals surface area contributed by atoms with E-state index < -0.39 is 25.9 Å². The summed E-state index contributed by atoms with van der Waals surface area (Å²) < 4.78 is 66.8. The number of anilines is 2. The molecule has 1 aliphatic rings. The summed E-state index contributed by atoms with van der Waals surface area (Å²) in [6, 6.07) is 11.1. The van der Waals surface area contributed by atoms with Gasteiger partial charge in [-0.25, -0.2) is 21.2 Å². The van der Waals surface area contributed by atoms with Gasteiger partial charge in [-0.1, -0.05) is 13.3 Å². The Balaban J connectivity index is 1.58. The second-order valence-corrected chi connectivity index (χ2v) is 11.8. The average Bonchev–Trinajstić information content (AvgIpc) is 2.79. The fourth-order valence-electron chi connectivity index (χ4n) is 3.54. The maximum Gasteiger partial charge on any atom is 0.243 e. The normalized spacial score (nSPS) is 15.8. The molecule has 0 unspecified atom stereocenters. The molecule has 8 nitrogen and oxygen atoms in total. The molecule has 1 fully saturated rings. The van der Waals surface area contributed by atoms with Crippen LogP contribution in [0.3, 0.4) is 0 Å². The van der Waals surface area contributed by atoms with Crippen molar-refractivity contribution in [3.63, 3.8) is 0 Å². The van der Waals surface area contributed by atoms with E-state index in [0.717, 1.165) is 6.42 Å². The molecular formula is C22H28FN3O5S2. The fourth-order valence-corrected chi connectivity index (χ4v) is 6.28. The molecule has 0 saturated carbocycles. The lowest BCUT2D eigenvalue weighted by Gasteiger charge is -2.30. The van der Waals surface area contributed by atoms with E-state index in [4.69, 9.17) is 0 Å². The van der Waals surface area contributed by atoms with E-state index in [1.54, 1.807) is 0 Å². The Labute approximate surface area is 194 Å². The van der Waals surface area contributed by atoms with Crippen LogP contribution in [0, 0.1) is 11.7 Å². The minimum atomic E-state index is -3.77. The first-order chi connectivity index (χ1) is 15.6. The number of nitrogens with one attached hydrogen (secondary N) is 2. The minimum Gasteiger partial charge on any atom is -0.326 e. The van der Waals surface area contributed by atoms with Crippen LogP contribution >= 0.6 is 0 Å². The van der Waals surface area contributed by atoms with E-state index in [0.29, 0.717) is 30.6 Å². The third-order valence-corrected chi connectivity index (χ3v) is 8.75. The summed E-state index contributed by atoms with van der Waals surface area (Å²) in [6.45, 7) is 2.28. The molecule has 2 aromatic rings. The molecule has 0 spiro atoms. The Morgan fingerprint density at radius 3 is 2.12 bits per heavy atom. The highest BCUT2D eigenvalue weighted by molar-refractivity contribution is 7.92. The van der Waals surface area contributed by atoms with Gasteiger partial charge in [0.05, 0.1) is 10.6 Å². The first kappa shape index (κ1) is 25.1. The van der Waals surface area contributed by atoms with Crippen molar-refractivity contribution < 1.29 is 26.0 Å². The molecule has 1 amide bonds. The van der Waals surface area contributed by atoms with Crippen molar-refractivity contribution in [2.75, 3.05) is 28.9 Å². The van der Waals surface area contributed by atoms with Crippen molar-refractivity contribution in [1.29, 1.82) is 0 Å². The van der Waals surface area contributed by atoms with Crippen LogP contribution in [-0.4, -0.2) is 45.9 Å². The summed E-state index contributed by atoms with van der Waals surface area (Å²) in [5.41, 5.74) is 0.795. The number of benzene rings is 2. The lowest BCUT2D eigenvalue weighted by atomic mass is 9.97. The summed E-state index contributed by atoms with van der Waals surface area (Å²) in [5, 5.41) is 2.73. The molecule has 33 heavy (non-hydrogen) atoms. The van der Waals surface area contributed by atoms with E-state index in [-0.39, 0.29) is 35.6 Å². The quantitative estimate of drug-likeness (QED) is 0.551. The Morgan fingerprint density at radius 2 is 1.55 bits per heavy atom. The predicted molar refractivity (Wildman–Crippen MR) is 125 cm³/mol. The highest BCUT2D eigenvalue weighted by Crippen LogP contribution is 2.26. The zero-order valence-corrected chi connectivity index (χ0v) is 20.0. The van der Waals surface area contributed by atoms with Crippen molar-refractivity contribution in [1.82, 2.24) is 4.31 Å². The Hall–Kier alpha value is -2.50. The summed E-state index contributed by atoms with van der Waals surface area (Å²) in [6.07, 6.45) is 2.02. The number of halogens is 1. The van der Waals surface area contributed by atoms with Crippen LogP contribution in [0.15, 0.2) is 53.4 Å². The monoisotopic (exact) mass is 497 g/mol. The summed E-state index contributed by atoms with van der Waals surface area (Å²) in [5.74, 6) is -0.957. The van der Waals surface area contributed by atoms with Crippen LogP contribution in [0.25, 0.3) is 0 Å². The molecule has 11 heteroatoms. The SMILES string of the molecule is CCCCS(=O)(=O)Nc1ccc(S(=O)(=O)N2CCC(C(=O)Nc3ccc(F)cc3)CC2)cc1.